The van der Waals surface area contributed by atoms with Gasteiger partial charge in [0.25, 0.3) is 10.0 Å². The van der Waals surface area contributed by atoms with Gasteiger partial charge in [0.05, 0.1) is 0 Å². The number of aromatic nitrogens is 2. The summed E-state index contributed by atoms with van der Waals surface area (Å²) >= 11 is 11.3. The molecule has 21 heavy (non-hydrogen) atoms. The first-order valence-electron chi connectivity index (χ1n) is 5.15. The van der Waals surface area contributed by atoms with Crippen LogP contribution >= 0.6 is 23.2 Å². The molecular formula is C10H6Cl2F2N4O2S. The number of nitrogens with zero attached hydrogens (tertiary/aromatic N) is 2. The SMILES string of the molecule is Nc1cc(F)c(F)c(S(=O)(=O)Nc2ncnc(Cl)c2Cl)c1. The zero-order chi connectivity index (χ0) is 15.8. The molecule has 0 fully saturated rings. The second kappa shape index (κ2) is 5.58. The Morgan fingerprint density at radius 1 is 1.19 bits per heavy atom. The fourth-order valence-corrected chi connectivity index (χ4v) is 2.86. The van der Waals surface area contributed by atoms with E-state index in [0.717, 1.165) is 12.4 Å². The van der Waals surface area contributed by atoms with Crippen LogP contribution in [0.25, 0.3) is 0 Å². The molecule has 0 saturated carbocycles. The molecule has 1 aromatic carbocycles. The van der Waals surface area contributed by atoms with Crippen LogP contribution in [-0.4, -0.2) is 18.4 Å². The summed E-state index contributed by atoms with van der Waals surface area (Å²) in [7, 11) is -4.51. The zero-order valence-electron chi connectivity index (χ0n) is 9.94. The molecule has 3 N–H and O–H groups in total. The van der Waals surface area contributed by atoms with Crippen LogP contribution in [0.15, 0.2) is 23.4 Å². The second-order valence-corrected chi connectivity index (χ2v) is 6.13. The van der Waals surface area contributed by atoms with Gasteiger partial charge in [0.15, 0.2) is 22.6 Å². The van der Waals surface area contributed by atoms with Crippen molar-refractivity contribution in [1.82, 2.24) is 9.97 Å². The van der Waals surface area contributed by atoms with Crippen LogP contribution in [0.1, 0.15) is 0 Å². The first kappa shape index (κ1) is 15.7. The molecule has 0 atom stereocenters. The van der Waals surface area contributed by atoms with E-state index in [2.05, 4.69) is 9.97 Å². The molecule has 0 aliphatic rings. The minimum Gasteiger partial charge on any atom is -0.399 e. The first-order chi connectivity index (χ1) is 9.72. The highest BCUT2D eigenvalue weighted by Crippen LogP contribution is 2.29. The van der Waals surface area contributed by atoms with Crippen LogP contribution in [0.5, 0.6) is 0 Å². The lowest BCUT2D eigenvalue weighted by atomic mass is 10.3. The Morgan fingerprint density at radius 2 is 1.86 bits per heavy atom. The Morgan fingerprint density at radius 3 is 2.52 bits per heavy atom. The van der Waals surface area contributed by atoms with Crippen LogP contribution in [0.2, 0.25) is 10.2 Å². The van der Waals surface area contributed by atoms with E-state index in [1.54, 1.807) is 0 Å². The van der Waals surface area contributed by atoms with Gasteiger partial charge in [0.2, 0.25) is 0 Å². The molecule has 0 aliphatic carbocycles. The van der Waals surface area contributed by atoms with Gasteiger partial charge in [-0.05, 0) is 12.1 Å². The molecule has 6 nitrogen and oxygen atoms in total. The number of rotatable bonds is 3. The third-order valence-corrected chi connectivity index (χ3v) is 4.36. The van der Waals surface area contributed by atoms with E-state index in [4.69, 9.17) is 28.9 Å². The number of benzene rings is 1. The number of halogens is 4. The molecule has 0 saturated heterocycles. The maximum absolute atomic E-state index is 13.6. The van der Waals surface area contributed by atoms with Crippen molar-refractivity contribution in [3.05, 3.63) is 40.3 Å². The highest BCUT2D eigenvalue weighted by atomic mass is 35.5. The molecule has 0 aliphatic heterocycles. The molecule has 11 heteroatoms. The van der Waals surface area contributed by atoms with Crippen LogP contribution < -0.4 is 10.5 Å². The number of anilines is 2. The van der Waals surface area contributed by atoms with Gasteiger partial charge in [-0.3, -0.25) is 4.72 Å². The van der Waals surface area contributed by atoms with Crippen molar-refractivity contribution >= 4 is 44.7 Å². The summed E-state index contributed by atoms with van der Waals surface area (Å²) in [6.07, 6.45) is 0.947. The fourth-order valence-electron chi connectivity index (χ4n) is 1.38. The molecule has 1 aromatic heterocycles. The van der Waals surface area contributed by atoms with Gasteiger partial charge < -0.3 is 5.73 Å². The topological polar surface area (TPSA) is 98.0 Å². The van der Waals surface area contributed by atoms with E-state index in [0.29, 0.717) is 6.07 Å². The Bertz CT molecular complexity index is 817. The van der Waals surface area contributed by atoms with Crippen molar-refractivity contribution in [2.24, 2.45) is 0 Å². The number of nitrogens with one attached hydrogen (secondary N) is 1. The molecule has 1 heterocycles. The minimum atomic E-state index is -4.51. The van der Waals surface area contributed by atoms with Gasteiger partial charge >= 0.3 is 0 Å². The van der Waals surface area contributed by atoms with E-state index in [1.807, 2.05) is 4.72 Å². The number of nitrogens with two attached hydrogens (primary N) is 1. The normalized spacial score (nSPS) is 11.4. The number of hydrogen-bond acceptors (Lipinski definition) is 5. The van der Waals surface area contributed by atoms with Crippen LogP contribution in [0.4, 0.5) is 20.3 Å². The Hall–Kier alpha value is -1.71. The van der Waals surface area contributed by atoms with Crippen molar-refractivity contribution in [1.29, 1.82) is 0 Å². The molecule has 2 aromatic rings. The van der Waals surface area contributed by atoms with Gasteiger partial charge in [-0.1, -0.05) is 23.2 Å². The second-order valence-electron chi connectivity index (χ2n) is 3.75. The number of nitrogen functional groups attached to an aromatic ring is 1. The number of hydrogen-bond donors (Lipinski definition) is 2. The predicted octanol–water partition coefficient (Wildman–Crippen LogP) is 2.44. The van der Waals surface area contributed by atoms with E-state index in [1.165, 1.54) is 0 Å². The van der Waals surface area contributed by atoms with Crippen LogP contribution in [0.3, 0.4) is 0 Å². The molecule has 112 valence electrons. The minimum absolute atomic E-state index is 0.205. The smallest absolute Gasteiger partial charge is 0.266 e. The average Bonchev–Trinajstić information content (AvgIpc) is 2.39. The predicted molar refractivity (Wildman–Crippen MR) is 73.6 cm³/mol. The van der Waals surface area contributed by atoms with Gasteiger partial charge in [0, 0.05) is 5.69 Å². The summed E-state index contributed by atoms with van der Waals surface area (Å²) in [5, 5.41) is -0.490. The standard InChI is InChI=1S/C10H6Cl2F2N4O2S/c11-7-9(12)16-3-17-10(7)18-21(19,20)6-2-4(15)1-5(13)8(6)14/h1-3H,15H2,(H,16,17,18). The monoisotopic (exact) mass is 354 g/mol. The Balaban J connectivity index is 2.51. The van der Waals surface area contributed by atoms with Gasteiger partial charge in [-0.25, -0.2) is 27.2 Å². The fraction of sp³-hybridized carbons (Fsp3) is 0. The van der Waals surface area contributed by atoms with Gasteiger partial charge in [0.1, 0.15) is 16.2 Å². The van der Waals surface area contributed by atoms with E-state index in [9.17, 15) is 17.2 Å². The lowest BCUT2D eigenvalue weighted by Crippen LogP contribution is -2.17. The third-order valence-electron chi connectivity index (χ3n) is 2.28. The Kier molecular flexibility index (Phi) is 4.17. The Labute approximate surface area is 128 Å². The highest BCUT2D eigenvalue weighted by molar-refractivity contribution is 7.92. The molecule has 0 unspecified atom stereocenters. The molecule has 2 rings (SSSR count). The number of sulfonamides is 1. The lowest BCUT2D eigenvalue weighted by molar-refractivity contribution is 0.486. The van der Waals surface area contributed by atoms with Crippen molar-refractivity contribution in [3.63, 3.8) is 0 Å². The summed E-state index contributed by atoms with van der Waals surface area (Å²) in [6.45, 7) is 0. The van der Waals surface area contributed by atoms with E-state index >= 15 is 0 Å². The molecule has 0 bridgehead atoms. The molecule has 0 amide bonds. The van der Waals surface area contributed by atoms with Crippen molar-refractivity contribution in [2.75, 3.05) is 10.5 Å². The lowest BCUT2D eigenvalue weighted by Gasteiger charge is -2.10. The van der Waals surface area contributed by atoms with E-state index < -0.39 is 26.6 Å². The van der Waals surface area contributed by atoms with Crippen molar-refractivity contribution in [2.45, 2.75) is 4.90 Å². The average molecular weight is 355 g/mol. The summed E-state index contributed by atoms with van der Waals surface area (Å²) in [5.41, 5.74) is 5.04. The highest BCUT2D eigenvalue weighted by Gasteiger charge is 2.24. The quantitative estimate of drug-likeness (QED) is 0.651. The molecule has 0 spiro atoms. The van der Waals surface area contributed by atoms with Crippen molar-refractivity contribution < 1.29 is 17.2 Å². The maximum atomic E-state index is 13.6. The summed E-state index contributed by atoms with van der Waals surface area (Å²) in [6, 6.07) is 1.42. The van der Waals surface area contributed by atoms with Gasteiger partial charge in [-0.2, -0.15) is 0 Å². The van der Waals surface area contributed by atoms with E-state index in [-0.39, 0.29) is 21.7 Å². The van der Waals surface area contributed by atoms with Gasteiger partial charge in [-0.15, -0.1) is 0 Å². The molecular weight excluding hydrogens is 349 g/mol. The first-order valence-corrected chi connectivity index (χ1v) is 7.39. The van der Waals surface area contributed by atoms with Crippen LogP contribution in [-0.2, 0) is 10.0 Å². The third kappa shape index (κ3) is 3.14. The zero-order valence-corrected chi connectivity index (χ0v) is 12.3. The van der Waals surface area contributed by atoms with Crippen LogP contribution in [0, 0.1) is 11.6 Å². The summed E-state index contributed by atoms with van der Waals surface area (Å²) in [5.74, 6) is -3.35. The summed E-state index contributed by atoms with van der Waals surface area (Å²) in [4.78, 5) is 6.10. The maximum Gasteiger partial charge on any atom is 0.266 e. The molecule has 0 radical (unpaired) electrons. The largest absolute Gasteiger partial charge is 0.399 e. The summed E-state index contributed by atoms with van der Waals surface area (Å²) < 4.78 is 52.8. The van der Waals surface area contributed by atoms with Crippen molar-refractivity contribution in [3.8, 4) is 0 Å².